The quantitative estimate of drug-likeness (QED) is 0.128. The lowest BCUT2D eigenvalue weighted by molar-refractivity contribution is 0.0563. The van der Waals surface area contributed by atoms with Crippen LogP contribution in [0.3, 0.4) is 0 Å². The van der Waals surface area contributed by atoms with Gasteiger partial charge in [0.05, 0.1) is 13.2 Å². The Balaban J connectivity index is 0.000000372. The SMILES string of the molecule is CCC1CCC(OC)CC1.CCCC1CCC(CC)CC1.CCCc1ccc(CC)cc1.CCc1ccc(NC)cc1.CCc1ccc(OC)cc1.CCc1ccc(SC)cc1. The zero-order valence-electron chi connectivity index (χ0n) is 42.0. The number of nitrogens with one attached hydrogen (secondary N) is 1. The minimum atomic E-state index is 0.572. The fraction of sp³-hybridized carbons (Fsp3) is 0.586. The summed E-state index contributed by atoms with van der Waals surface area (Å²) in [5.41, 5.74) is 8.23. The summed E-state index contributed by atoms with van der Waals surface area (Å²) < 4.78 is 10.3. The number of thioether (sulfide) groups is 1. The number of benzene rings is 4. The van der Waals surface area contributed by atoms with Gasteiger partial charge in [0, 0.05) is 24.7 Å². The standard InChI is InChI=1S/C11H22.C11H16.C9H13N.C9H18O.C9H12O.C9H12S/c2*1-3-5-11-8-6-10(4-2)7-9-11;4*1-3-8-4-6-9(10-2)7-5-8/h10-11H,3-9H2,1-2H3;6-9H,3-5H2,1-2H3;4-7,10H,3H2,1-2H3;8-9H,3-7H2,1-2H3;2*4-7H,3H2,1-2H3. The molecule has 6 rings (SSSR count). The van der Waals surface area contributed by atoms with Gasteiger partial charge in [-0.1, -0.05) is 174 Å². The molecule has 0 aliphatic heterocycles. The van der Waals surface area contributed by atoms with E-state index in [4.69, 9.17) is 9.47 Å². The predicted octanol–water partition coefficient (Wildman–Crippen LogP) is 17.3. The first-order valence-corrected chi connectivity index (χ1v) is 26.0. The van der Waals surface area contributed by atoms with Crippen molar-refractivity contribution in [3.8, 4) is 5.75 Å². The molecule has 1 N–H and O–H groups in total. The second kappa shape index (κ2) is 37.2. The van der Waals surface area contributed by atoms with Gasteiger partial charge in [-0.2, -0.15) is 0 Å². The van der Waals surface area contributed by atoms with E-state index in [9.17, 15) is 0 Å². The molecule has 2 aliphatic carbocycles. The lowest BCUT2D eigenvalue weighted by atomic mass is 9.79. The lowest BCUT2D eigenvalue weighted by Gasteiger charge is -2.27. The zero-order valence-corrected chi connectivity index (χ0v) is 42.8. The molecule has 4 aromatic carbocycles. The fourth-order valence-electron chi connectivity index (χ4n) is 7.97. The number of ether oxygens (including phenoxy) is 2. The van der Waals surface area contributed by atoms with Crippen LogP contribution >= 0.6 is 11.8 Å². The number of methoxy groups -OCH3 is 2. The summed E-state index contributed by atoms with van der Waals surface area (Å²) in [6.07, 6.45) is 26.7. The third kappa shape index (κ3) is 25.8. The molecule has 348 valence electrons. The zero-order chi connectivity index (χ0) is 45.8. The fourth-order valence-corrected chi connectivity index (χ4v) is 8.38. The van der Waals surface area contributed by atoms with Crippen molar-refractivity contribution < 1.29 is 9.47 Å². The van der Waals surface area contributed by atoms with E-state index in [0.29, 0.717) is 6.10 Å². The van der Waals surface area contributed by atoms with Gasteiger partial charge in [0.25, 0.3) is 0 Å². The number of anilines is 1. The maximum absolute atomic E-state index is 5.28. The second-order valence-electron chi connectivity index (χ2n) is 17.0. The molecule has 3 nitrogen and oxygen atoms in total. The van der Waals surface area contributed by atoms with Gasteiger partial charge in [0.2, 0.25) is 0 Å². The predicted molar refractivity (Wildman–Crippen MR) is 279 cm³/mol. The van der Waals surface area contributed by atoms with Crippen LogP contribution in [-0.2, 0) is 36.8 Å². The molecule has 0 aromatic heterocycles. The van der Waals surface area contributed by atoms with Crippen LogP contribution in [0.25, 0.3) is 0 Å². The Bertz CT molecular complexity index is 1360. The van der Waals surface area contributed by atoms with Gasteiger partial charge in [-0.25, -0.2) is 0 Å². The molecule has 0 unspecified atom stereocenters. The maximum Gasteiger partial charge on any atom is 0.118 e. The Hall–Kier alpha value is -3.21. The van der Waals surface area contributed by atoms with Crippen LogP contribution in [0.15, 0.2) is 102 Å². The molecule has 0 atom stereocenters. The van der Waals surface area contributed by atoms with Gasteiger partial charge in [-0.05, 0) is 146 Å². The van der Waals surface area contributed by atoms with Crippen LogP contribution in [0.1, 0.15) is 167 Å². The first-order valence-electron chi connectivity index (χ1n) is 24.8. The van der Waals surface area contributed by atoms with E-state index in [0.717, 1.165) is 49.2 Å². The van der Waals surface area contributed by atoms with Crippen molar-refractivity contribution >= 4 is 17.4 Å². The van der Waals surface area contributed by atoms with Crippen molar-refractivity contribution in [1.29, 1.82) is 0 Å². The molecule has 2 fully saturated rings. The van der Waals surface area contributed by atoms with Gasteiger partial charge in [0.1, 0.15) is 5.75 Å². The van der Waals surface area contributed by atoms with Gasteiger partial charge in [-0.15, -0.1) is 11.8 Å². The molecule has 2 saturated carbocycles. The van der Waals surface area contributed by atoms with Crippen molar-refractivity contribution in [2.24, 2.45) is 17.8 Å². The van der Waals surface area contributed by atoms with Crippen molar-refractivity contribution in [2.75, 3.05) is 32.8 Å². The minimum Gasteiger partial charge on any atom is -0.497 e. The van der Waals surface area contributed by atoms with Gasteiger partial charge in [0.15, 0.2) is 0 Å². The molecule has 4 heteroatoms. The molecule has 0 heterocycles. The molecule has 0 bridgehead atoms. The van der Waals surface area contributed by atoms with Crippen LogP contribution in [0.5, 0.6) is 5.75 Å². The average molecular weight is 868 g/mol. The normalized spacial score (nSPS) is 17.6. The average Bonchev–Trinajstić information content (AvgIpc) is 3.35. The smallest absolute Gasteiger partial charge is 0.118 e. The number of aryl methyl sites for hydroxylation is 5. The van der Waals surface area contributed by atoms with Crippen LogP contribution < -0.4 is 10.1 Å². The van der Waals surface area contributed by atoms with Crippen LogP contribution in [0.4, 0.5) is 5.69 Å². The minimum absolute atomic E-state index is 0.572. The number of hydrogen-bond donors (Lipinski definition) is 1. The van der Waals surface area contributed by atoms with E-state index in [2.05, 4.69) is 152 Å². The molecular weight excluding hydrogens is 775 g/mol. The van der Waals surface area contributed by atoms with Gasteiger partial charge < -0.3 is 14.8 Å². The number of hydrogen-bond acceptors (Lipinski definition) is 4. The summed E-state index contributed by atoms with van der Waals surface area (Å²) in [4.78, 5) is 1.34. The van der Waals surface area contributed by atoms with Crippen LogP contribution in [-0.4, -0.2) is 33.6 Å². The third-order valence-corrected chi connectivity index (χ3v) is 13.4. The van der Waals surface area contributed by atoms with Crippen LogP contribution in [0.2, 0.25) is 0 Å². The molecule has 0 radical (unpaired) electrons. The Morgan fingerprint density at radius 3 is 1.23 bits per heavy atom. The topological polar surface area (TPSA) is 30.5 Å². The maximum atomic E-state index is 5.28. The van der Waals surface area contributed by atoms with Gasteiger partial charge in [-0.3, -0.25) is 0 Å². The summed E-state index contributed by atoms with van der Waals surface area (Å²) in [7, 11) is 5.44. The Morgan fingerprint density at radius 2 is 0.871 bits per heavy atom. The Labute approximate surface area is 388 Å². The monoisotopic (exact) mass is 868 g/mol. The highest BCUT2D eigenvalue weighted by atomic mass is 32.2. The van der Waals surface area contributed by atoms with Gasteiger partial charge >= 0.3 is 0 Å². The summed E-state index contributed by atoms with van der Waals surface area (Å²) in [5.74, 6) is 4.08. The molecule has 2 aliphatic rings. The first kappa shape index (κ1) is 56.8. The summed E-state index contributed by atoms with van der Waals surface area (Å²) in [6.45, 7) is 17.8. The molecule has 0 saturated heterocycles. The highest BCUT2D eigenvalue weighted by Crippen LogP contribution is 2.33. The van der Waals surface area contributed by atoms with E-state index in [1.165, 1.54) is 128 Å². The number of rotatable bonds is 14. The van der Waals surface area contributed by atoms with Crippen molar-refractivity contribution in [2.45, 2.75) is 182 Å². The molecule has 0 amide bonds. The Kier molecular flexibility index (Phi) is 34.1. The molecule has 0 spiro atoms. The largest absolute Gasteiger partial charge is 0.497 e. The molecule has 62 heavy (non-hydrogen) atoms. The van der Waals surface area contributed by atoms with Crippen molar-refractivity contribution in [3.63, 3.8) is 0 Å². The summed E-state index contributed by atoms with van der Waals surface area (Å²) >= 11 is 1.79. The lowest BCUT2D eigenvalue weighted by Crippen LogP contribution is -2.19. The summed E-state index contributed by atoms with van der Waals surface area (Å²) in [5, 5.41) is 3.08. The van der Waals surface area contributed by atoms with E-state index >= 15 is 0 Å². The van der Waals surface area contributed by atoms with E-state index in [1.807, 2.05) is 26.3 Å². The summed E-state index contributed by atoms with van der Waals surface area (Å²) in [6, 6.07) is 34.3. The van der Waals surface area contributed by atoms with E-state index in [1.54, 1.807) is 18.9 Å². The highest BCUT2D eigenvalue weighted by Gasteiger charge is 2.19. The molecule has 4 aromatic rings. The second-order valence-corrected chi connectivity index (χ2v) is 17.9. The van der Waals surface area contributed by atoms with Crippen molar-refractivity contribution in [1.82, 2.24) is 0 Å². The Morgan fingerprint density at radius 1 is 0.484 bits per heavy atom. The first-order chi connectivity index (χ1) is 30.2. The third-order valence-electron chi connectivity index (χ3n) is 12.7. The van der Waals surface area contributed by atoms with E-state index in [-0.39, 0.29) is 0 Å². The van der Waals surface area contributed by atoms with E-state index < -0.39 is 0 Å². The van der Waals surface area contributed by atoms with Crippen molar-refractivity contribution in [3.05, 3.63) is 125 Å². The molecular formula is C58H93NO2S. The van der Waals surface area contributed by atoms with Crippen LogP contribution in [0, 0.1) is 17.8 Å². The highest BCUT2D eigenvalue weighted by molar-refractivity contribution is 7.98.